The SMILES string of the molecule is Cc1cc(Br)ccc1NC(=O)C1CCn2ccnc2C1. The zero-order valence-corrected chi connectivity index (χ0v) is 12.9. The molecule has 1 amide bonds. The van der Waals surface area contributed by atoms with Crippen molar-refractivity contribution >= 4 is 27.5 Å². The van der Waals surface area contributed by atoms with Crippen LogP contribution in [0.4, 0.5) is 5.69 Å². The Bertz CT molecular complexity index is 650. The van der Waals surface area contributed by atoms with Crippen LogP contribution >= 0.6 is 15.9 Å². The summed E-state index contributed by atoms with van der Waals surface area (Å²) in [6.45, 7) is 2.86. The number of aromatic nitrogens is 2. The molecule has 0 radical (unpaired) electrons. The number of rotatable bonds is 2. The van der Waals surface area contributed by atoms with Gasteiger partial charge in [0.15, 0.2) is 0 Å². The minimum absolute atomic E-state index is 0.00736. The van der Waals surface area contributed by atoms with Gasteiger partial charge in [0.2, 0.25) is 5.91 Å². The van der Waals surface area contributed by atoms with E-state index in [1.807, 2.05) is 31.3 Å². The molecule has 0 fully saturated rings. The molecule has 1 aliphatic heterocycles. The number of imidazole rings is 1. The van der Waals surface area contributed by atoms with Gasteiger partial charge in [-0.3, -0.25) is 4.79 Å². The van der Waals surface area contributed by atoms with Crippen molar-refractivity contribution in [2.24, 2.45) is 5.92 Å². The zero-order valence-electron chi connectivity index (χ0n) is 11.3. The smallest absolute Gasteiger partial charge is 0.228 e. The second-order valence-corrected chi connectivity index (χ2v) is 6.09. The van der Waals surface area contributed by atoms with Crippen LogP contribution in [0.2, 0.25) is 0 Å². The van der Waals surface area contributed by atoms with E-state index in [1.165, 1.54) is 0 Å². The normalized spacial score (nSPS) is 17.6. The standard InChI is InChI=1S/C15H16BrN3O/c1-10-8-12(16)2-3-13(10)18-15(20)11-4-6-19-7-5-17-14(19)9-11/h2-3,5,7-8,11H,4,6,9H2,1H3,(H,18,20). The Morgan fingerprint density at radius 3 is 3.15 bits per heavy atom. The number of carbonyl (C=O) groups excluding carboxylic acids is 1. The second-order valence-electron chi connectivity index (χ2n) is 5.18. The maximum absolute atomic E-state index is 12.4. The van der Waals surface area contributed by atoms with Crippen LogP contribution in [0.25, 0.3) is 0 Å². The number of nitrogens with one attached hydrogen (secondary N) is 1. The number of halogens is 1. The van der Waals surface area contributed by atoms with Crippen molar-refractivity contribution in [3.8, 4) is 0 Å². The maximum atomic E-state index is 12.4. The van der Waals surface area contributed by atoms with Gasteiger partial charge in [-0.2, -0.15) is 0 Å². The molecule has 2 heterocycles. The number of hydrogen-bond acceptors (Lipinski definition) is 2. The maximum Gasteiger partial charge on any atom is 0.228 e. The summed E-state index contributed by atoms with van der Waals surface area (Å²) in [5.74, 6) is 1.10. The Hall–Kier alpha value is -1.62. The van der Waals surface area contributed by atoms with Crippen LogP contribution in [-0.4, -0.2) is 15.5 Å². The predicted molar refractivity (Wildman–Crippen MR) is 81.5 cm³/mol. The fourth-order valence-corrected chi connectivity index (χ4v) is 3.05. The molecule has 1 N–H and O–H groups in total. The van der Waals surface area contributed by atoms with Gasteiger partial charge in [0.1, 0.15) is 5.82 Å². The lowest BCUT2D eigenvalue weighted by Gasteiger charge is -2.23. The van der Waals surface area contributed by atoms with E-state index in [0.717, 1.165) is 34.5 Å². The molecule has 5 heteroatoms. The first-order chi connectivity index (χ1) is 9.63. The lowest BCUT2D eigenvalue weighted by atomic mass is 9.96. The third-order valence-electron chi connectivity index (χ3n) is 3.77. The molecule has 0 bridgehead atoms. The van der Waals surface area contributed by atoms with Gasteiger partial charge in [0.25, 0.3) is 0 Å². The molecule has 2 aromatic rings. The molecule has 1 unspecified atom stereocenters. The first kappa shape index (κ1) is 13.4. The van der Waals surface area contributed by atoms with Gasteiger partial charge in [-0.05, 0) is 37.1 Å². The Morgan fingerprint density at radius 2 is 2.35 bits per heavy atom. The Labute approximate surface area is 126 Å². The number of nitrogens with zero attached hydrogens (tertiary/aromatic N) is 2. The van der Waals surface area contributed by atoms with E-state index in [1.54, 1.807) is 6.20 Å². The van der Waals surface area contributed by atoms with Crippen molar-refractivity contribution in [2.45, 2.75) is 26.3 Å². The van der Waals surface area contributed by atoms with Gasteiger partial charge >= 0.3 is 0 Å². The van der Waals surface area contributed by atoms with Crippen molar-refractivity contribution < 1.29 is 4.79 Å². The number of amides is 1. The van der Waals surface area contributed by atoms with Gasteiger partial charge in [-0.25, -0.2) is 4.98 Å². The van der Waals surface area contributed by atoms with E-state index < -0.39 is 0 Å². The first-order valence-electron chi connectivity index (χ1n) is 6.70. The fourth-order valence-electron chi connectivity index (χ4n) is 2.58. The van der Waals surface area contributed by atoms with Gasteiger partial charge < -0.3 is 9.88 Å². The number of fused-ring (bicyclic) bond motifs is 1. The monoisotopic (exact) mass is 333 g/mol. The van der Waals surface area contributed by atoms with Crippen molar-refractivity contribution in [2.75, 3.05) is 5.32 Å². The summed E-state index contributed by atoms with van der Waals surface area (Å²) in [6, 6.07) is 5.88. The molecular weight excluding hydrogens is 318 g/mol. The van der Waals surface area contributed by atoms with Crippen molar-refractivity contribution in [1.82, 2.24) is 9.55 Å². The lowest BCUT2D eigenvalue weighted by molar-refractivity contribution is -0.120. The number of aryl methyl sites for hydroxylation is 2. The highest BCUT2D eigenvalue weighted by Crippen LogP contribution is 2.24. The topological polar surface area (TPSA) is 46.9 Å². The molecule has 1 aliphatic rings. The van der Waals surface area contributed by atoms with Gasteiger partial charge in [0.05, 0.1) is 0 Å². The Balaban J connectivity index is 1.71. The van der Waals surface area contributed by atoms with Crippen molar-refractivity contribution in [1.29, 1.82) is 0 Å². The molecule has 1 aromatic carbocycles. The van der Waals surface area contributed by atoms with Crippen LogP contribution in [-0.2, 0) is 17.8 Å². The average molecular weight is 334 g/mol. The van der Waals surface area contributed by atoms with E-state index in [-0.39, 0.29) is 11.8 Å². The molecule has 0 spiro atoms. The van der Waals surface area contributed by atoms with Crippen molar-refractivity contribution in [3.63, 3.8) is 0 Å². The molecule has 0 aliphatic carbocycles. The van der Waals surface area contributed by atoms with Crippen LogP contribution < -0.4 is 5.32 Å². The highest BCUT2D eigenvalue weighted by atomic mass is 79.9. The second kappa shape index (κ2) is 5.40. The van der Waals surface area contributed by atoms with E-state index in [2.05, 4.69) is 30.8 Å². The van der Waals surface area contributed by atoms with Crippen LogP contribution in [0.3, 0.4) is 0 Å². The number of anilines is 1. The minimum Gasteiger partial charge on any atom is -0.335 e. The molecule has 0 saturated carbocycles. The summed E-state index contributed by atoms with van der Waals surface area (Å²) in [5, 5.41) is 3.03. The summed E-state index contributed by atoms with van der Waals surface area (Å²) in [7, 11) is 0. The molecule has 0 saturated heterocycles. The summed E-state index contributed by atoms with van der Waals surface area (Å²) < 4.78 is 3.14. The summed E-state index contributed by atoms with van der Waals surface area (Å²) in [6.07, 6.45) is 5.36. The quantitative estimate of drug-likeness (QED) is 0.917. The number of hydrogen-bond donors (Lipinski definition) is 1. The predicted octanol–water partition coefficient (Wildman–Crippen LogP) is 3.16. The van der Waals surface area contributed by atoms with Gasteiger partial charge in [0, 0.05) is 41.4 Å². The number of carbonyl (C=O) groups is 1. The third kappa shape index (κ3) is 2.63. The summed E-state index contributed by atoms with van der Waals surface area (Å²) in [5.41, 5.74) is 1.94. The van der Waals surface area contributed by atoms with Crippen LogP contribution in [0, 0.1) is 12.8 Å². The molecule has 104 valence electrons. The van der Waals surface area contributed by atoms with E-state index >= 15 is 0 Å². The summed E-state index contributed by atoms with van der Waals surface area (Å²) >= 11 is 3.43. The average Bonchev–Trinajstić information content (AvgIpc) is 2.89. The summed E-state index contributed by atoms with van der Waals surface area (Å²) in [4.78, 5) is 16.7. The molecule has 3 rings (SSSR count). The molecule has 4 nitrogen and oxygen atoms in total. The van der Waals surface area contributed by atoms with Crippen LogP contribution in [0.15, 0.2) is 35.1 Å². The molecule has 1 atom stereocenters. The zero-order chi connectivity index (χ0) is 14.1. The van der Waals surface area contributed by atoms with Crippen LogP contribution in [0.1, 0.15) is 17.8 Å². The molecular formula is C15H16BrN3O. The third-order valence-corrected chi connectivity index (χ3v) is 4.26. The first-order valence-corrected chi connectivity index (χ1v) is 7.50. The lowest BCUT2D eigenvalue weighted by Crippen LogP contribution is -2.30. The molecule has 20 heavy (non-hydrogen) atoms. The van der Waals surface area contributed by atoms with Gasteiger partial charge in [-0.1, -0.05) is 15.9 Å². The largest absolute Gasteiger partial charge is 0.335 e. The van der Waals surface area contributed by atoms with Crippen molar-refractivity contribution in [3.05, 3.63) is 46.5 Å². The fraction of sp³-hybridized carbons (Fsp3) is 0.333. The van der Waals surface area contributed by atoms with Crippen LogP contribution in [0.5, 0.6) is 0 Å². The molecule has 1 aromatic heterocycles. The van der Waals surface area contributed by atoms with E-state index in [0.29, 0.717) is 6.42 Å². The van der Waals surface area contributed by atoms with E-state index in [4.69, 9.17) is 0 Å². The highest BCUT2D eigenvalue weighted by molar-refractivity contribution is 9.10. The minimum atomic E-state index is 0.00736. The highest BCUT2D eigenvalue weighted by Gasteiger charge is 2.25. The van der Waals surface area contributed by atoms with Gasteiger partial charge in [-0.15, -0.1) is 0 Å². The Kier molecular flexibility index (Phi) is 3.61. The Morgan fingerprint density at radius 1 is 1.50 bits per heavy atom. The van der Waals surface area contributed by atoms with E-state index in [9.17, 15) is 4.79 Å². The number of benzene rings is 1.